The van der Waals surface area contributed by atoms with Crippen LogP contribution in [0.3, 0.4) is 0 Å². The van der Waals surface area contributed by atoms with E-state index in [4.69, 9.17) is 22.1 Å². The molecule has 4 heteroatoms. The quantitative estimate of drug-likeness (QED) is 0.659. The second kappa shape index (κ2) is 7.14. The lowest BCUT2D eigenvalue weighted by molar-refractivity contribution is -0.147. The van der Waals surface area contributed by atoms with Crippen molar-refractivity contribution in [3.63, 3.8) is 0 Å². The molecule has 110 valence electrons. The smallest absolute Gasteiger partial charge is 0.306 e. The minimum absolute atomic E-state index is 0.214. The van der Waals surface area contributed by atoms with Gasteiger partial charge in [-0.15, -0.1) is 0 Å². The van der Waals surface area contributed by atoms with Crippen LogP contribution in [0, 0.1) is 0 Å². The van der Waals surface area contributed by atoms with Gasteiger partial charge in [-0.2, -0.15) is 0 Å². The van der Waals surface area contributed by atoms with Crippen LogP contribution in [0.25, 0.3) is 0 Å². The van der Waals surface area contributed by atoms with E-state index in [-0.39, 0.29) is 5.97 Å². The maximum absolute atomic E-state index is 11.9. The second-order valence-electron chi connectivity index (χ2n) is 4.84. The van der Waals surface area contributed by atoms with E-state index in [9.17, 15) is 4.79 Å². The SMILES string of the molecule is CCCC(=O)OC(c1ccc(N)cc1)c1ccc(Cl)cc1. The Labute approximate surface area is 129 Å². The van der Waals surface area contributed by atoms with Crippen molar-refractivity contribution in [2.24, 2.45) is 0 Å². The fourth-order valence-electron chi connectivity index (χ4n) is 2.03. The van der Waals surface area contributed by atoms with Crippen molar-refractivity contribution in [1.29, 1.82) is 0 Å². The summed E-state index contributed by atoms with van der Waals surface area (Å²) in [6.45, 7) is 1.95. The van der Waals surface area contributed by atoms with Gasteiger partial charge in [0.15, 0.2) is 6.10 Å². The first-order valence-electron chi connectivity index (χ1n) is 6.90. The van der Waals surface area contributed by atoms with Crippen LogP contribution in [-0.2, 0) is 9.53 Å². The summed E-state index contributed by atoms with van der Waals surface area (Å²) in [6.07, 6.45) is 0.717. The monoisotopic (exact) mass is 303 g/mol. The van der Waals surface area contributed by atoms with Crippen molar-refractivity contribution >= 4 is 23.3 Å². The third kappa shape index (κ3) is 4.23. The summed E-state index contributed by atoms with van der Waals surface area (Å²) in [5.41, 5.74) is 8.15. The van der Waals surface area contributed by atoms with E-state index in [0.29, 0.717) is 17.1 Å². The van der Waals surface area contributed by atoms with Gasteiger partial charge in [0.25, 0.3) is 0 Å². The van der Waals surface area contributed by atoms with Crippen molar-refractivity contribution in [2.45, 2.75) is 25.9 Å². The first-order chi connectivity index (χ1) is 10.1. The average Bonchev–Trinajstić information content (AvgIpc) is 2.47. The van der Waals surface area contributed by atoms with E-state index in [1.54, 1.807) is 24.3 Å². The van der Waals surface area contributed by atoms with Gasteiger partial charge in [-0.25, -0.2) is 0 Å². The maximum atomic E-state index is 11.9. The lowest BCUT2D eigenvalue weighted by Gasteiger charge is -2.19. The van der Waals surface area contributed by atoms with Gasteiger partial charge >= 0.3 is 5.97 Å². The molecule has 0 saturated heterocycles. The molecule has 0 aliphatic carbocycles. The van der Waals surface area contributed by atoms with Gasteiger partial charge in [-0.05, 0) is 41.8 Å². The molecule has 0 aromatic heterocycles. The lowest BCUT2D eigenvalue weighted by atomic mass is 10.0. The molecular weight excluding hydrogens is 286 g/mol. The number of nitrogen functional groups attached to an aromatic ring is 1. The molecule has 21 heavy (non-hydrogen) atoms. The Morgan fingerprint density at radius 3 is 2.14 bits per heavy atom. The molecule has 0 amide bonds. The molecule has 0 bridgehead atoms. The molecule has 0 aliphatic rings. The van der Waals surface area contributed by atoms with Gasteiger partial charge in [-0.1, -0.05) is 42.8 Å². The maximum Gasteiger partial charge on any atom is 0.306 e. The summed E-state index contributed by atoms with van der Waals surface area (Å²) < 4.78 is 5.62. The molecule has 2 aromatic rings. The topological polar surface area (TPSA) is 52.3 Å². The molecule has 2 aromatic carbocycles. The summed E-state index contributed by atoms with van der Waals surface area (Å²) in [4.78, 5) is 11.9. The molecule has 1 unspecified atom stereocenters. The number of hydrogen-bond donors (Lipinski definition) is 1. The van der Waals surface area contributed by atoms with E-state index in [1.165, 1.54) is 0 Å². The van der Waals surface area contributed by atoms with Gasteiger partial charge in [0.05, 0.1) is 0 Å². The van der Waals surface area contributed by atoms with E-state index >= 15 is 0 Å². The molecule has 3 nitrogen and oxygen atoms in total. The number of anilines is 1. The Balaban J connectivity index is 2.31. The summed E-state index contributed by atoms with van der Waals surface area (Å²) >= 11 is 5.91. The lowest BCUT2D eigenvalue weighted by Crippen LogP contribution is -2.12. The molecule has 2 rings (SSSR count). The van der Waals surface area contributed by atoms with E-state index in [2.05, 4.69) is 0 Å². The third-order valence-corrected chi connectivity index (χ3v) is 3.37. The van der Waals surface area contributed by atoms with Gasteiger partial charge in [0.1, 0.15) is 0 Å². The zero-order valence-electron chi connectivity index (χ0n) is 11.9. The molecule has 0 fully saturated rings. The van der Waals surface area contributed by atoms with Crippen molar-refractivity contribution in [3.8, 4) is 0 Å². The summed E-state index contributed by atoms with van der Waals surface area (Å²) in [5, 5.41) is 0.648. The number of hydrogen-bond acceptors (Lipinski definition) is 3. The van der Waals surface area contributed by atoms with Gasteiger partial charge in [-0.3, -0.25) is 4.79 Å². The Hall–Kier alpha value is -2.00. The van der Waals surface area contributed by atoms with Crippen molar-refractivity contribution in [3.05, 3.63) is 64.7 Å². The van der Waals surface area contributed by atoms with Crippen molar-refractivity contribution in [2.75, 3.05) is 5.73 Å². The van der Waals surface area contributed by atoms with Crippen LogP contribution in [0.2, 0.25) is 5.02 Å². The van der Waals surface area contributed by atoms with Gasteiger partial charge in [0.2, 0.25) is 0 Å². The summed E-state index contributed by atoms with van der Waals surface area (Å²) in [6, 6.07) is 14.6. The van der Waals surface area contributed by atoms with Crippen molar-refractivity contribution < 1.29 is 9.53 Å². The highest BCUT2D eigenvalue weighted by atomic mass is 35.5. The highest BCUT2D eigenvalue weighted by molar-refractivity contribution is 6.30. The normalized spacial score (nSPS) is 11.9. The zero-order chi connectivity index (χ0) is 15.2. The average molecular weight is 304 g/mol. The Morgan fingerprint density at radius 2 is 1.62 bits per heavy atom. The highest BCUT2D eigenvalue weighted by Gasteiger charge is 2.18. The molecule has 0 heterocycles. The Bertz CT molecular complexity index is 548. The van der Waals surface area contributed by atoms with Crippen LogP contribution in [0.1, 0.15) is 37.0 Å². The Morgan fingerprint density at radius 1 is 1.10 bits per heavy atom. The number of nitrogens with two attached hydrogens (primary N) is 1. The molecule has 2 N–H and O–H groups in total. The largest absolute Gasteiger partial charge is 0.453 e. The van der Waals surface area contributed by atoms with Crippen LogP contribution >= 0.6 is 11.6 Å². The van der Waals surface area contributed by atoms with Gasteiger partial charge < -0.3 is 10.5 Å². The van der Waals surface area contributed by atoms with E-state index in [0.717, 1.165) is 17.5 Å². The first-order valence-corrected chi connectivity index (χ1v) is 7.28. The summed E-state index contributed by atoms with van der Waals surface area (Å²) in [7, 11) is 0. The van der Waals surface area contributed by atoms with Crippen LogP contribution in [0.5, 0.6) is 0 Å². The molecular formula is C17H18ClNO2. The zero-order valence-corrected chi connectivity index (χ0v) is 12.6. The highest BCUT2D eigenvalue weighted by Crippen LogP contribution is 2.28. The predicted molar refractivity (Wildman–Crippen MR) is 85.1 cm³/mol. The predicted octanol–water partition coefficient (Wildman–Crippen LogP) is 4.35. The number of carbonyl (C=O) groups is 1. The first kappa shape index (κ1) is 15.4. The number of halogens is 1. The third-order valence-electron chi connectivity index (χ3n) is 3.12. The van der Waals surface area contributed by atoms with Crippen molar-refractivity contribution in [1.82, 2.24) is 0 Å². The fraction of sp³-hybridized carbons (Fsp3) is 0.235. The van der Waals surface area contributed by atoms with Crippen LogP contribution in [0.15, 0.2) is 48.5 Å². The molecule has 0 saturated carbocycles. The van der Waals surface area contributed by atoms with Crippen LogP contribution in [0.4, 0.5) is 5.69 Å². The van der Waals surface area contributed by atoms with Crippen LogP contribution < -0.4 is 5.73 Å². The number of rotatable bonds is 5. The Kier molecular flexibility index (Phi) is 5.23. The number of benzene rings is 2. The molecule has 0 spiro atoms. The number of carbonyl (C=O) groups excluding carboxylic acids is 1. The minimum atomic E-state index is -0.443. The minimum Gasteiger partial charge on any atom is -0.453 e. The van der Waals surface area contributed by atoms with Crippen LogP contribution in [-0.4, -0.2) is 5.97 Å². The molecule has 0 aliphatic heterocycles. The fourth-order valence-corrected chi connectivity index (χ4v) is 2.16. The van der Waals surface area contributed by atoms with Gasteiger partial charge in [0, 0.05) is 17.1 Å². The molecule has 1 atom stereocenters. The standard InChI is InChI=1S/C17H18ClNO2/c1-2-3-16(20)21-17(12-4-8-14(18)9-5-12)13-6-10-15(19)11-7-13/h4-11,17H,2-3,19H2,1H3. The van der Waals surface area contributed by atoms with E-state index in [1.807, 2.05) is 31.2 Å². The number of esters is 1. The van der Waals surface area contributed by atoms with E-state index < -0.39 is 6.10 Å². The molecule has 0 radical (unpaired) electrons. The number of ether oxygens (including phenoxy) is 1. The second-order valence-corrected chi connectivity index (χ2v) is 5.27. The summed E-state index contributed by atoms with van der Waals surface area (Å²) in [5.74, 6) is -0.214.